The number of nitrogens with one attached hydrogen (secondary N) is 1. The molecule has 3 heteroatoms. The number of ether oxygens (including phenoxy) is 2. The van der Waals surface area contributed by atoms with Gasteiger partial charge in [-0.05, 0) is 60.9 Å². The van der Waals surface area contributed by atoms with E-state index < -0.39 is 0 Å². The zero-order valence-electron chi connectivity index (χ0n) is 18.1. The molecule has 31 heavy (non-hydrogen) atoms. The molecule has 3 aromatic rings. The number of hydrogen-bond acceptors (Lipinski definition) is 2. The summed E-state index contributed by atoms with van der Waals surface area (Å²) in [7, 11) is 0. The number of aromatic amines is 1. The number of benzene rings is 2. The van der Waals surface area contributed by atoms with Gasteiger partial charge in [-0.15, -0.1) is 0 Å². The van der Waals surface area contributed by atoms with E-state index in [1.165, 1.54) is 34.0 Å². The van der Waals surface area contributed by atoms with E-state index in [4.69, 9.17) is 9.47 Å². The highest BCUT2D eigenvalue weighted by atomic mass is 16.7. The number of aromatic nitrogens is 1. The molecule has 1 N–H and O–H groups in total. The maximum Gasteiger partial charge on any atom is 0.189 e. The first kappa shape index (κ1) is 19.9. The lowest BCUT2D eigenvalue weighted by Crippen LogP contribution is -2.22. The fourth-order valence-electron chi connectivity index (χ4n) is 4.64. The number of H-pyrrole nitrogens is 1. The highest BCUT2D eigenvalue weighted by Crippen LogP contribution is 2.28. The number of allylic oxidation sites excluding steroid dienone is 1. The van der Waals surface area contributed by atoms with Gasteiger partial charge in [-0.25, -0.2) is 0 Å². The van der Waals surface area contributed by atoms with Crippen LogP contribution < -0.4 is 10.7 Å². The van der Waals surface area contributed by atoms with Crippen LogP contribution in [-0.4, -0.2) is 11.8 Å². The van der Waals surface area contributed by atoms with E-state index in [0.717, 1.165) is 35.9 Å². The van der Waals surface area contributed by atoms with Crippen LogP contribution in [0, 0.1) is 6.92 Å². The van der Waals surface area contributed by atoms with Crippen LogP contribution in [-0.2, 0) is 28.9 Å². The summed E-state index contributed by atoms with van der Waals surface area (Å²) in [6.07, 6.45) is 11.3. The van der Waals surface area contributed by atoms with Gasteiger partial charge in [-0.1, -0.05) is 72.3 Å². The molecule has 3 nitrogen and oxygen atoms in total. The van der Waals surface area contributed by atoms with Gasteiger partial charge in [-0.2, -0.15) is 0 Å². The topological polar surface area (TPSA) is 34.2 Å². The third-order valence-electron chi connectivity index (χ3n) is 6.24. The molecule has 2 aliphatic rings. The van der Waals surface area contributed by atoms with E-state index >= 15 is 0 Å². The van der Waals surface area contributed by atoms with E-state index in [1.54, 1.807) is 0 Å². The Kier molecular flexibility index (Phi) is 5.77. The lowest BCUT2D eigenvalue weighted by molar-refractivity contribution is -0.0113. The summed E-state index contributed by atoms with van der Waals surface area (Å²) in [6.45, 7) is 2.93. The molecule has 0 saturated heterocycles. The molecule has 0 radical (unpaired) electrons. The molecular formula is C28H29NO2. The number of rotatable bonds is 7. The van der Waals surface area contributed by atoms with E-state index in [-0.39, 0.29) is 6.79 Å². The Morgan fingerprint density at radius 1 is 1.00 bits per heavy atom. The first-order chi connectivity index (χ1) is 15.3. The van der Waals surface area contributed by atoms with Crippen molar-refractivity contribution < 1.29 is 9.47 Å². The molecule has 0 fully saturated rings. The Hall–Kier alpha value is -3.04. The molecule has 1 heterocycles. The predicted molar refractivity (Wildman–Crippen MR) is 125 cm³/mol. The maximum atomic E-state index is 6.09. The van der Waals surface area contributed by atoms with Crippen molar-refractivity contribution in [2.45, 2.75) is 45.1 Å². The first-order valence-electron chi connectivity index (χ1n) is 11.2. The van der Waals surface area contributed by atoms with Crippen molar-refractivity contribution in [3.8, 4) is 0 Å². The van der Waals surface area contributed by atoms with E-state index in [2.05, 4.69) is 66.5 Å². The van der Waals surface area contributed by atoms with Crippen LogP contribution >= 0.6 is 0 Å². The Morgan fingerprint density at radius 2 is 1.84 bits per heavy atom. The van der Waals surface area contributed by atoms with Crippen molar-refractivity contribution in [2.24, 2.45) is 0 Å². The molecule has 1 atom stereocenters. The normalized spacial score (nSPS) is 17.1. The summed E-state index contributed by atoms with van der Waals surface area (Å²) in [5, 5.41) is 2.41. The minimum atomic E-state index is 0.240. The van der Waals surface area contributed by atoms with Crippen LogP contribution in [0.1, 0.15) is 46.6 Å². The van der Waals surface area contributed by atoms with Gasteiger partial charge in [0.25, 0.3) is 0 Å². The van der Waals surface area contributed by atoms with Crippen LogP contribution in [0.15, 0.2) is 66.7 Å². The van der Waals surface area contributed by atoms with Crippen molar-refractivity contribution in [1.29, 1.82) is 0 Å². The second kappa shape index (κ2) is 8.99. The fraction of sp³-hybridized carbons (Fsp3) is 0.286. The zero-order valence-corrected chi connectivity index (χ0v) is 18.1. The summed E-state index contributed by atoms with van der Waals surface area (Å²) < 4.78 is 11.9. The SMILES string of the molecule is Cc1ccc(CC2C=CC(OCOCc3ccccc3)=c3[nH]c4c(c32)CCCC=4)cc1. The third kappa shape index (κ3) is 4.38. The van der Waals surface area contributed by atoms with Crippen LogP contribution in [0.4, 0.5) is 0 Å². The quantitative estimate of drug-likeness (QED) is 0.454. The smallest absolute Gasteiger partial charge is 0.189 e. The Morgan fingerprint density at radius 3 is 2.68 bits per heavy atom. The van der Waals surface area contributed by atoms with Crippen molar-refractivity contribution >= 4 is 11.8 Å². The highest BCUT2D eigenvalue weighted by molar-refractivity contribution is 5.57. The minimum absolute atomic E-state index is 0.240. The summed E-state index contributed by atoms with van der Waals surface area (Å²) >= 11 is 0. The lowest BCUT2D eigenvalue weighted by atomic mass is 9.85. The molecule has 0 amide bonds. The zero-order chi connectivity index (χ0) is 21.0. The molecule has 0 spiro atoms. The highest BCUT2D eigenvalue weighted by Gasteiger charge is 2.24. The Labute approximate surface area is 183 Å². The largest absolute Gasteiger partial charge is 0.465 e. The standard InChI is InChI=1S/C28H29NO2/c1-20-11-13-21(14-12-20)17-23-15-16-26(31-19-30-18-22-7-3-2-4-8-22)28-27(23)24-9-5-6-10-25(24)29-28/h2-4,7-8,10-16,23,29H,5-6,9,17-19H2,1H3. The summed E-state index contributed by atoms with van der Waals surface area (Å²) in [6, 6.07) is 19.1. The molecule has 0 saturated carbocycles. The second-order valence-electron chi connectivity index (χ2n) is 8.52. The molecule has 158 valence electrons. The molecule has 0 bridgehead atoms. The predicted octanol–water partition coefficient (Wildman–Crippen LogP) is 4.64. The molecule has 1 aromatic heterocycles. The molecule has 5 rings (SSSR count). The van der Waals surface area contributed by atoms with Gasteiger partial charge in [0.15, 0.2) is 6.79 Å². The van der Waals surface area contributed by atoms with Gasteiger partial charge >= 0.3 is 0 Å². The molecule has 0 aliphatic heterocycles. The van der Waals surface area contributed by atoms with Crippen molar-refractivity contribution in [3.63, 3.8) is 0 Å². The van der Waals surface area contributed by atoms with Crippen molar-refractivity contribution in [2.75, 3.05) is 6.79 Å². The van der Waals surface area contributed by atoms with Crippen LogP contribution in [0.5, 0.6) is 0 Å². The van der Waals surface area contributed by atoms with Crippen molar-refractivity contribution in [1.82, 2.24) is 4.98 Å². The number of aryl methyl sites for hydroxylation is 1. The Bertz CT molecular complexity index is 1190. The first-order valence-corrected chi connectivity index (χ1v) is 11.2. The summed E-state index contributed by atoms with van der Waals surface area (Å²) in [4.78, 5) is 3.66. The van der Waals surface area contributed by atoms with Gasteiger partial charge in [0.05, 0.1) is 12.0 Å². The van der Waals surface area contributed by atoms with Gasteiger partial charge in [-0.3, -0.25) is 0 Å². The monoisotopic (exact) mass is 411 g/mol. The average molecular weight is 412 g/mol. The van der Waals surface area contributed by atoms with Crippen molar-refractivity contribution in [3.05, 3.63) is 105 Å². The van der Waals surface area contributed by atoms with E-state index in [9.17, 15) is 0 Å². The van der Waals surface area contributed by atoms with Gasteiger partial charge in [0.2, 0.25) is 0 Å². The molecule has 2 aliphatic carbocycles. The molecule has 2 aromatic carbocycles. The third-order valence-corrected chi connectivity index (χ3v) is 6.24. The minimum Gasteiger partial charge on any atom is -0.465 e. The second-order valence-corrected chi connectivity index (χ2v) is 8.52. The van der Waals surface area contributed by atoms with Gasteiger partial charge in [0, 0.05) is 11.3 Å². The van der Waals surface area contributed by atoms with E-state index in [1.807, 2.05) is 18.2 Å². The molecular weight excluding hydrogens is 382 g/mol. The Balaban J connectivity index is 1.39. The fourth-order valence-corrected chi connectivity index (χ4v) is 4.64. The number of fused-ring (bicyclic) bond motifs is 3. The van der Waals surface area contributed by atoms with Gasteiger partial charge in [0.1, 0.15) is 5.76 Å². The van der Waals surface area contributed by atoms with Crippen LogP contribution in [0.25, 0.3) is 11.8 Å². The van der Waals surface area contributed by atoms with Gasteiger partial charge < -0.3 is 14.5 Å². The van der Waals surface area contributed by atoms with E-state index in [0.29, 0.717) is 12.5 Å². The number of hydrogen-bond donors (Lipinski definition) is 1. The summed E-state index contributed by atoms with van der Waals surface area (Å²) in [5.74, 6) is 1.24. The van der Waals surface area contributed by atoms with Crippen LogP contribution in [0.2, 0.25) is 0 Å². The maximum absolute atomic E-state index is 6.09. The average Bonchev–Trinajstić information content (AvgIpc) is 3.20. The summed E-state index contributed by atoms with van der Waals surface area (Å²) in [5.41, 5.74) is 6.70. The van der Waals surface area contributed by atoms with Crippen LogP contribution in [0.3, 0.4) is 0 Å². The lowest BCUT2D eigenvalue weighted by Gasteiger charge is -2.20. The molecule has 1 unspecified atom stereocenters.